The first kappa shape index (κ1) is 14.4. The molecule has 0 unspecified atom stereocenters. The first-order valence-electron chi connectivity index (χ1n) is 6.13. The minimum atomic E-state index is -0.509. The van der Waals surface area contributed by atoms with Crippen molar-refractivity contribution in [2.75, 3.05) is 20.2 Å². The predicted octanol–water partition coefficient (Wildman–Crippen LogP) is 1.68. The monoisotopic (exact) mass is 298 g/mol. The number of methoxy groups -OCH3 is 1. The van der Waals surface area contributed by atoms with Gasteiger partial charge in [0.2, 0.25) is 0 Å². The summed E-state index contributed by atoms with van der Waals surface area (Å²) in [5, 5.41) is 12.1. The number of carbonyl (C=O) groups is 2. The Morgan fingerprint density at radius 3 is 2.60 bits per heavy atom. The lowest BCUT2D eigenvalue weighted by atomic mass is 9.97. The number of carbonyl (C=O) groups excluding carboxylic acids is 2. The van der Waals surface area contributed by atoms with E-state index in [2.05, 4.69) is 4.74 Å². The molecule has 0 atom stereocenters. The summed E-state index contributed by atoms with van der Waals surface area (Å²) >= 11 is 0.938. The summed E-state index contributed by atoms with van der Waals surface area (Å²) < 4.78 is 4.68. The van der Waals surface area contributed by atoms with Crippen LogP contribution in [0.1, 0.15) is 23.2 Å². The summed E-state index contributed by atoms with van der Waals surface area (Å²) in [5.41, 5.74) is 0.332. The van der Waals surface area contributed by atoms with Crippen LogP contribution < -0.4 is 0 Å². The molecular weight excluding hydrogens is 284 g/mol. The number of piperidine rings is 1. The average Bonchev–Trinajstić information content (AvgIpc) is 2.96. The highest BCUT2D eigenvalue weighted by molar-refractivity contribution is 7.13. The molecular formula is C12H14N2O5S. The number of amides is 1. The van der Waals surface area contributed by atoms with E-state index in [1.165, 1.54) is 18.6 Å². The number of nitro groups is 1. The van der Waals surface area contributed by atoms with Crippen molar-refractivity contribution in [2.45, 2.75) is 12.8 Å². The minimum absolute atomic E-state index is 0.0437. The van der Waals surface area contributed by atoms with E-state index in [-0.39, 0.29) is 22.8 Å². The molecule has 1 fully saturated rings. The Labute approximate surface area is 119 Å². The normalized spacial score (nSPS) is 15.9. The van der Waals surface area contributed by atoms with Crippen LogP contribution in [0.3, 0.4) is 0 Å². The van der Waals surface area contributed by atoms with Crippen LogP contribution >= 0.6 is 11.3 Å². The SMILES string of the molecule is COC(=O)C1CCN(C(=O)c2csc([N+](=O)[O-])c2)CC1. The fourth-order valence-corrected chi connectivity index (χ4v) is 2.90. The smallest absolute Gasteiger partial charge is 0.324 e. The lowest BCUT2D eigenvalue weighted by molar-refractivity contribution is -0.380. The van der Waals surface area contributed by atoms with E-state index in [4.69, 9.17) is 0 Å². The zero-order valence-electron chi connectivity index (χ0n) is 10.9. The van der Waals surface area contributed by atoms with Gasteiger partial charge in [0.1, 0.15) is 0 Å². The second kappa shape index (κ2) is 6.00. The predicted molar refractivity (Wildman–Crippen MR) is 71.6 cm³/mol. The lowest BCUT2D eigenvalue weighted by Crippen LogP contribution is -2.40. The molecule has 1 saturated heterocycles. The maximum atomic E-state index is 12.2. The van der Waals surface area contributed by atoms with Crippen LogP contribution in [-0.2, 0) is 9.53 Å². The average molecular weight is 298 g/mol. The Morgan fingerprint density at radius 1 is 1.45 bits per heavy atom. The number of ether oxygens (including phenoxy) is 1. The third-order valence-electron chi connectivity index (χ3n) is 3.33. The van der Waals surface area contributed by atoms with E-state index >= 15 is 0 Å². The molecule has 0 aromatic carbocycles. The first-order valence-corrected chi connectivity index (χ1v) is 7.01. The van der Waals surface area contributed by atoms with Gasteiger partial charge in [0, 0.05) is 24.5 Å². The molecule has 2 heterocycles. The van der Waals surface area contributed by atoms with Gasteiger partial charge < -0.3 is 9.64 Å². The van der Waals surface area contributed by atoms with Gasteiger partial charge in [-0.2, -0.15) is 0 Å². The summed E-state index contributed by atoms with van der Waals surface area (Å²) in [6.07, 6.45) is 1.12. The largest absolute Gasteiger partial charge is 0.469 e. The van der Waals surface area contributed by atoms with Crippen LogP contribution in [0, 0.1) is 16.0 Å². The fraction of sp³-hybridized carbons (Fsp3) is 0.500. The van der Waals surface area contributed by atoms with Gasteiger partial charge in [-0.05, 0) is 12.8 Å². The molecule has 0 spiro atoms. The number of likely N-dealkylation sites (tertiary alicyclic amines) is 1. The highest BCUT2D eigenvalue weighted by atomic mass is 32.1. The lowest BCUT2D eigenvalue weighted by Gasteiger charge is -2.30. The number of rotatable bonds is 3. The van der Waals surface area contributed by atoms with Crippen molar-refractivity contribution in [2.24, 2.45) is 5.92 Å². The van der Waals surface area contributed by atoms with Crippen molar-refractivity contribution in [3.05, 3.63) is 27.1 Å². The molecule has 1 aromatic rings. The number of hydrogen-bond donors (Lipinski definition) is 0. The van der Waals surface area contributed by atoms with Crippen LogP contribution in [-0.4, -0.2) is 41.9 Å². The quantitative estimate of drug-likeness (QED) is 0.481. The number of nitrogens with zero attached hydrogens (tertiary/aromatic N) is 2. The highest BCUT2D eigenvalue weighted by Gasteiger charge is 2.29. The number of thiophene rings is 1. The Hall–Kier alpha value is -1.96. The van der Waals surface area contributed by atoms with E-state index < -0.39 is 4.92 Å². The standard InChI is InChI=1S/C12H14N2O5S/c1-19-12(16)8-2-4-13(5-3-8)11(15)9-6-10(14(17)18)20-7-9/h6-8H,2-5H2,1H3. The van der Waals surface area contributed by atoms with Gasteiger partial charge in [-0.1, -0.05) is 11.3 Å². The van der Waals surface area contributed by atoms with Crippen LogP contribution in [0.2, 0.25) is 0 Å². The second-order valence-corrected chi connectivity index (χ2v) is 5.41. The zero-order chi connectivity index (χ0) is 14.7. The van der Waals surface area contributed by atoms with Crippen molar-refractivity contribution in [1.29, 1.82) is 0 Å². The molecule has 1 aliphatic rings. The summed E-state index contributed by atoms with van der Waals surface area (Å²) in [7, 11) is 1.35. The Morgan fingerprint density at radius 2 is 2.10 bits per heavy atom. The van der Waals surface area contributed by atoms with Gasteiger partial charge in [0.05, 0.1) is 23.5 Å². The fourth-order valence-electron chi connectivity index (χ4n) is 2.20. The summed E-state index contributed by atoms with van der Waals surface area (Å²) in [5.74, 6) is -0.637. The van der Waals surface area contributed by atoms with Crippen molar-refractivity contribution in [1.82, 2.24) is 4.90 Å². The molecule has 20 heavy (non-hydrogen) atoms. The highest BCUT2D eigenvalue weighted by Crippen LogP contribution is 2.25. The van der Waals surface area contributed by atoms with Crippen molar-refractivity contribution >= 4 is 28.2 Å². The molecule has 1 aliphatic heterocycles. The topological polar surface area (TPSA) is 89.8 Å². The van der Waals surface area contributed by atoms with Gasteiger partial charge in [-0.3, -0.25) is 19.7 Å². The summed E-state index contributed by atoms with van der Waals surface area (Å²) in [6.45, 7) is 0.921. The van der Waals surface area contributed by atoms with Crippen LogP contribution in [0.25, 0.3) is 0 Å². The van der Waals surface area contributed by atoms with Gasteiger partial charge in [0.15, 0.2) is 0 Å². The molecule has 0 radical (unpaired) electrons. The van der Waals surface area contributed by atoms with E-state index in [0.717, 1.165) is 11.3 Å². The molecule has 108 valence electrons. The third kappa shape index (κ3) is 2.96. The van der Waals surface area contributed by atoms with Crippen molar-refractivity contribution in [3.63, 3.8) is 0 Å². The van der Waals surface area contributed by atoms with Gasteiger partial charge in [0.25, 0.3) is 5.91 Å². The summed E-state index contributed by atoms with van der Waals surface area (Å²) in [4.78, 5) is 35.3. The van der Waals surface area contributed by atoms with Gasteiger partial charge in [-0.15, -0.1) is 0 Å². The van der Waals surface area contributed by atoms with E-state index in [0.29, 0.717) is 31.5 Å². The van der Waals surface area contributed by atoms with Crippen LogP contribution in [0.4, 0.5) is 5.00 Å². The molecule has 7 nitrogen and oxygen atoms in total. The van der Waals surface area contributed by atoms with Gasteiger partial charge >= 0.3 is 11.0 Å². The number of esters is 1. The molecule has 0 saturated carbocycles. The van der Waals surface area contributed by atoms with Crippen LogP contribution in [0.5, 0.6) is 0 Å². The molecule has 0 aliphatic carbocycles. The maximum Gasteiger partial charge on any atom is 0.324 e. The van der Waals surface area contributed by atoms with E-state index in [1.807, 2.05) is 0 Å². The zero-order valence-corrected chi connectivity index (χ0v) is 11.7. The van der Waals surface area contributed by atoms with E-state index in [9.17, 15) is 19.7 Å². The van der Waals surface area contributed by atoms with Crippen molar-refractivity contribution in [3.8, 4) is 0 Å². The molecule has 1 aromatic heterocycles. The number of hydrogen-bond acceptors (Lipinski definition) is 6. The van der Waals surface area contributed by atoms with E-state index in [1.54, 1.807) is 4.90 Å². The van der Waals surface area contributed by atoms with Gasteiger partial charge in [-0.25, -0.2) is 0 Å². The third-order valence-corrected chi connectivity index (χ3v) is 4.21. The Bertz CT molecular complexity index is 534. The molecule has 2 rings (SSSR count). The van der Waals surface area contributed by atoms with Crippen LogP contribution in [0.15, 0.2) is 11.4 Å². The van der Waals surface area contributed by atoms with Crippen molar-refractivity contribution < 1.29 is 19.2 Å². The maximum absolute atomic E-state index is 12.2. The molecule has 8 heteroatoms. The first-order chi connectivity index (χ1) is 9.52. The molecule has 0 bridgehead atoms. The second-order valence-electron chi connectivity index (χ2n) is 4.52. The molecule has 0 N–H and O–H groups in total. The Balaban J connectivity index is 1.97. The summed E-state index contributed by atoms with van der Waals surface area (Å²) in [6, 6.07) is 1.29. The minimum Gasteiger partial charge on any atom is -0.469 e. The molecule has 1 amide bonds. The Kier molecular flexibility index (Phi) is 4.33.